The number of nitrogens with one attached hydrogen (secondary N) is 1. The number of rotatable bonds is 6. The maximum Gasteiger partial charge on any atom is 0.340 e. The monoisotopic (exact) mass is 416 g/mol. The molecule has 1 aromatic heterocycles. The first-order chi connectivity index (χ1) is 11.5. The highest BCUT2D eigenvalue weighted by Gasteiger charge is 2.14. The third-order valence-electron chi connectivity index (χ3n) is 2.65. The van der Waals surface area contributed by atoms with Crippen molar-refractivity contribution in [2.24, 2.45) is 0 Å². The van der Waals surface area contributed by atoms with E-state index >= 15 is 0 Å². The summed E-state index contributed by atoms with van der Waals surface area (Å²) >= 11 is 3.49. The lowest BCUT2D eigenvalue weighted by atomic mass is 10.3. The Kier molecular flexibility index (Phi) is 6.68. The average Bonchev–Trinajstić information content (AvgIpc) is 2.54. The normalized spacial score (nSPS) is 10.5. The number of carbonyl (C=O) groups is 2. The van der Waals surface area contributed by atoms with E-state index < -0.39 is 24.2 Å². The van der Waals surface area contributed by atoms with Gasteiger partial charge in [-0.25, -0.2) is 4.79 Å². The number of hydrogen-bond donors (Lipinski definition) is 1. The van der Waals surface area contributed by atoms with Gasteiger partial charge in [0.1, 0.15) is 0 Å². The number of hydrogen-bond acceptors (Lipinski definition) is 5. The van der Waals surface area contributed by atoms with Gasteiger partial charge in [0.2, 0.25) is 0 Å². The molecule has 126 valence electrons. The van der Waals surface area contributed by atoms with E-state index in [0.717, 1.165) is 0 Å². The Morgan fingerprint density at radius 3 is 2.75 bits per heavy atom. The van der Waals surface area contributed by atoms with Crippen molar-refractivity contribution in [3.8, 4) is 0 Å². The zero-order chi connectivity index (χ0) is 17.5. The predicted molar refractivity (Wildman–Crippen MR) is 89.2 cm³/mol. The molecule has 1 heterocycles. The largest absolute Gasteiger partial charge is 0.452 e. The first-order valence-electron chi connectivity index (χ1n) is 6.57. The van der Waals surface area contributed by atoms with Crippen LogP contribution in [0.15, 0.2) is 52.1 Å². The summed E-state index contributed by atoms with van der Waals surface area (Å²) in [5, 5.41) is 2.44. The molecule has 0 saturated carbocycles. The first kappa shape index (κ1) is 18.3. The number of aromatic nitrogens is 1. The van der Waals surface area contributed by atoms with E-state index in [1.165, 1.54) is 30.6 Å². The zero-order valence-electron chi connectivity index (χ0n) is 12.0. The maximum absolute atomic E-state index is 12.5. The zero-order valence-corrected chi connectivity index (χ0v) is 14.4. The second-order valence-electron chi connectivity index (χ2n) is 4.39. The van der Waals surface area contributed by atoms with Crippen LogP contribution in [0, 0.1) is 0 Å². The van der Waals surface area contributed by atoms with Crippen LogP contribution in [0.3, 0.4) is 0 Å². The van der Waals surface area contributed by atoms with E-state index in [4.69, 9.17) is 4.74 Å². The van der Waals surface area contributed by atoms with Crippen molar-refractivity contribution in [3.05, 3.63) is 52.8 Å². The van der Waals surface area contributed by atoms with Gasteiger partial charge in [-0.2, -0.15) is 8.78 Å². The molecule has 0 unspecified atom stereocenters. The summed E-state index contributed by atoms with van der Waals surface area (Å²) in [5.74, 6) is -3.95. The van der Waals surface area contributed by atoms with Gasteiger partial charge in [0, 0.05) is 21.8 Å². The third-order valence-corrected chi connectivity index (χ3v) is 3.87. The lowest BCUT2D eigenvalue weighted by molar-refractivity contribution is -0.119. The Bertz CT molecular complexity index is 746. The van der Waals surface area contributed by atoms with Gasteiger partial charge in [0.05, 0.1) is 11.3 Å². The summed E-state index contributed by atoms with van der Waals surface area (Å²) < 4.78 is 30.4. The molecular weight excluding hydrogens is 406 g/mol. The minimum atomic E-state index is -2.61. The number of amides is 1. The summed E-state index contributed by atoms with van der Waals surface area (Å²) in [6.45, 7) is -0.543. The van der Waals surface area contributed by atoms with Crippen LogP contribution in [0.25, 0.3) is 0 Å². The third kappa shape index (κ3) is 5.57. The predicted octanol–water partition coefficient (Wildman–Crippen LogP) is 3.95. The van der Waals surface area contributed by atoms with E-state index in [9.17, 15) is 18.4 Å². The maximum atomic E-state index is 12.5. The molecule has 5 nitrogen and oxygen atoms in total. The summed E-state index contributed by atoms with van der Waals surface area (Å²) in [5.41, 5.74) is 0.416. The van der Waals surface area contributed by atoms with Gasteiger partial charge in [-0.3, -0.25) is 9.78 Å². The standard InChI is InChI=1S/C15H11BrF2N2O3S/c16-10-5-9(6-19-7-10)14(22)23-8-13(21)20-11-3-1-2-4-12(11)24-15(17)18/h1-7,15H,8H2,(H,20,21). The number of esters is 1. The van der Waals surface area contributed by atoms with Gasteiger partial charge in [0.25, 0.3) is 11.7 Å². The number of ether oxygens (including phenoxy) is 1. The quantitative estimate of drug-likeness (QED) is 0.570. The number of carbonyl (C=O) groups excluding carboxylic acids is 2. The van der Waals surface area contributed by atoms with Crippen LogP contribution in [-0.4, -0.2) is 29.2 Å². The van der Waals surface area contributed by atoms with Gasteiger partial charge in [0.15, 0.2) is 6.61 Å². The Hall–Kier alpha value is -2.00. The number of anilines is 1. The number of thioether (sulfide) groups is 1. The number of benzene rings is 1. The molecule has 0 aliphatic rings. The molecule has 0 aliphatic heterocycles. The number of halogens is 3. The summed E-state index contributed by atoms with van der Waals surface area (Å²) in [4.78, 5) is 27.7. The number of alkyl halides is 2. The Morgan fingerprint density at radius 1 is 1.29 bits per heavy atom. The van der Waals surface area contributed by atoms with E-state index in [1.54, 1.807) is 12.1 Å². The molecule has 0 radical (unpaired) electrons. The number of nitrogens with zero attached hydrogens (tertiary/aromatic N) is 1. The molecule has 2 aromatic rings. The SMILES string of the molecule is O=C(COC(=O)c1cncc(Br)c1)Nc1ccccc1SC(F)F. The number of pyridine rings is 1. The van der Waals surface area contributed by atoms with Crippen molar-refractivity contribution >= 4 is 45.3 Å². The van der Waals surface area contributed by atoms with Crippen molar-refractivity contribution < 1.29 is 23.1 Å². The van der Waals surface area contributed by atoms with Gasteiger partial charge in [-0.15, -0.1) is 0 Å². The summed E-state index contributed by atoms with van der Waals surface area (Å²) in [7, 11) is 0. The van der Waals surface area contributed by atoms with Crippen molar-refractivity contribution in [1.29, 1.82) is 0 Å². The van der Waals surface area contributed by atoms with Gasteiger partial charge >= 0.3 is 5.97 Å². The highest BCUT2D eigenvalue weighted by Crippen LogP contribution is 2.31. The van der Waals surface area contributed by atoms with E-state index in [-0.39, 0.29) is 16.1 Å². The molecule has 0 bridgehead atoms. The molecule has 0 spiro atoms. The van der Waals surface area contributed by atoms with Crippen molar-refractivity contribution in [2.75, 3.05) is 11.9 Å². The molecule has 1 amide bonds. The molecule has 1 aromatic carbocycles. The molecule has 0 aliphatic carbocycles. The van der Waals surface area contributed by atoms with Gasteiger partial charge < -0.3 is 10.1 Å². The van der Waals surface area contributed by atoms with Crippen molar-refractivity contribution in [1.82, 2.24) is 4.98 Å². The lowest BCUT2D eigenvalue weighted by Gasteiger charge is -2.10. The van der Waals surface area contributed by atoms with Crippen LogP contribution in [-0.2, 0) is 9.53 Å². The van der Waals surface area contributed by atoms with E-state index in [0.29, 0.717) is 16.2 Å². The lowest BCUT2D eigenvalue weighted by Crippen LogP contribution is -2.21. The first-order valence-corrected chi connectivity index (χ1v) is 8.24. The molecule has 0 atom stereocenters. The van der Waals surface area contributed by atoms with Crippen LogP contribution in [0.1, 0.15) is 10.4 Å². The van der Waals surface area contributed by atoms with Gasteiger partial charge in [-0.05, 0) is 34.1 Å². The fraction of sp³-hybridized carbons (Fsp3) is 0.133. The molecule has 9 heteroatoms. The van der Waals surface area contributed by atoms with Crippen LogP contribution < -0.4 is 5.32 Å². The average molecular weight is 417 g/mol. The highest BCUT2D eigenvalue weighted by molar-refractivity contribution is 9.10. The topological polar surface area (TPSA) is 68.3 Å². The minimum Gasteiger partial charge on any atom is -0.452 e. The second-order valence-corrected chi connectivity index (χ2v) is 6.34. The smallest absolute Gasteiger partial charge is 0.340 e. The van der Waals surface area contributed by atoms with Crippen LogP contribution >= 0.6 is 27.7 Å². The van der Waals surface area contributed by atoms with Crippen LogP contribution in [0.4, 0.5) is 14.5 Å². The second kappa shape index (κ2) is 8.74. The highest BCUT2D eigenvalue weighted by atomic mass is 79.9. The summed E-state index contributed by atoms with van der Waals surface area (Å²) in [6.07, 6.45) is 2.81. The minimum absolute atomic E-state index is 0.186. The molecule has 0 saturated heterocycles. The fourth-order valence-corrected chi connectivity index (χ4v) is 2.65. The number of para-hydroxylation sites is 1. The van der Waals surface area contributed by atoms with Crippen molar-refractivity contribution in [3.63, 3.8) is 0 Å². The summed E-state index contributed by atoms with van der Waals surface area (Å²) in [6, 6.07) is 7.64. The van der Waals surface area contributed by atoms with Gasteiger partial charge in [-0.1, -0.05) is 23.9 Å². The van der Waals surface area contributed by atoms with Crippen LogP contribution in [0.5, 0.6) is 0 Å². The molecule has 24 heavy (non-hydrogen) atoms. The fourth-order valence-electron chi connectivity index (χ4n) is 1.69. The Morgan fingerprint density at radius 2 is 2.04 bits per heavy atom. The van der Waals surface area contributed by atoms with Crippen LogP contribution in [0.2, 0.25) is 0 Å². The van der Waals surface area contributed by atoms with E-state index in [2.05, 4.69) is 26.2 Å². The molecule has 1 N–H and O–H groups in total. The molecule has 0 fully saturated rings. The Balaban J connectivity index is 1.93. The molecule has 2 rings (SSSR count). The molecular formula is C15H11BrF2N2O3S. The Labute approximate surface area is 148 Å². The van der Waals surface area contributed by atoms with E-state index in [1.807, 2.05) is 0 Å². The van der Waals surface area contributed by atoms with Crippen molar-refractivity contribution in [2.45, 2.75) is 10.7 Å².